The van der Waals surface area contributed by atoms with Crippen LogP contribution < -0.4 is 9.47 Å². The summed E-state index contributed by atoms with van der Waals surface area (Å²) in [5.74, 6) is -0.642. The zero-order chi connectivity index (χ0) is 14.5. The topological polar surface area (TPSA) is 73.6 Å². The second-order valence-corrected chi connectivity index (χ2v) is 3.96. The molecule has 0 saturated carbocycles. The third kappa shape index (κ3) is 3.05. The molecule has 1 aromatic carbocycles. The molecule has 0 bridgehead atoms. The summed E-state index contributed by atoms with van der Waals surface area (Å²) in [7, 11) is 1.73. The van der Waals surface area contributed by atoms with Crippen LogP contribution in [0.25, 0.3) is 0 Å². The summed E-state index contributed by atoms with van der Waals surface area (Å²) in [4.78, 5) is 11.2. The van der Waals surface area contributed by atoms with Crippen LogP contribution in [0.4, 0.5) is 4.39 Å². The number of aromatic nitrogens is 2. The Balaban J connectivity index is 2.25. The normalized spacial score (nSPS) is 10.3. The fraction of sp³-hybridized carbons (Fsp3) is 0.231. The maximum absolute atomic E-state index is 12.3. The van der Waals surface area contributed by atoms with Gasteiger partial charge in [-0.3, -0.25) is 4.68 Å². The van der Waals surface area contributed by atoms with E-state index in [-0.39, 0.29) is 23.5 Å². The molecule has 20 heavy (non-hydrogen) atoms. The predicted molar refractivity (Wildman–Crippen MR) is 67.5 cm³/mol. The van der Waals surface area contributed by atoms with Crippen LogP contribution in [-0.2, 0) is 13.7 Å². The molecule has 0 atom stereocenters. The van der Waals surface area contributed by atoms with Crippen LogP contribution in [0.3, 0.4) is 0 Å². The molecule has 6 nitrogen and oxygen atoms in total. The molecule has 1 N–H and O–H groups in total. The van der Waals surface area contributed by atoms with Gasteiger partial charge in [-0.1, -0.05) is 6.07 Å². The zero-order valence-electron chi connectivity index (χ0n) is 10.7. The molecule has 0 spiro atoms. The van der Waals surface area contributed by atoms with E-state index in [4.69, 9.17) is 14.6 Å². The third-order valence-corrected chi connectivity index (χ3v) is 2.63. The van der Waals surface area contributed by atoms with E-state index in [1.165, 1.54) is 18.2 Å². The van der Waals surface area contributed by atoms with Gasteiger partial charge in [-0.05, 0) is 12.1 Å². The fourth-order valence-electron chi connectivity index (χ4n) is 1.73. The Morgan fingerprint density at radius 2 is 2.20 bits per heavy atom. The number of rotatable bonds is 6. The number of alkyl halides is 1. The number of carboxylic acids is 1. The van der Waals surface area contributed by atoms with E-state index < -0.39 is 12.8 Å². The fourth-order valence-corrected chi connectivity index (χ4v) is 1.73. The number of carbonyl (C=O) groups is 1. The largest absolute Gasteiger partial charge is 0.478 e. The number of aryl methyl sites for hydroxylation is 1. The Kier molecular flexibility index (Phi) is 4.19. The van der Waals surface area contributed by atoms with Gasteiger partial charge in [-0.15, -0.1) is 5.10 Å². The van der Waals surface area contributed by atoms with E-state index >= 15 is 0 Å². The van der Waals surface area contributed by atoms with Gasteiger partial charge in [0, 0.05) is 24.9 Å². The summed E-state index contributed by atoms with van der Waals surface area (Å²) in [6.07, 6.45) is 1.69. The molecule has 106 valence electrons. The van der Waals surface area contributed by atoms with Crippen LogP contribution in [0.5, 0.6) is 11.6 Å². The van der Waals surface area contributed by atoms with Crippen molar-refractivity contribution < 1.29 is 23.8 Å². The van der Waals surface area contributed by atoms with E-state index in [9.17, 15) is 9.18 Å². The summed E-state index contributed by atoms with van der Waals surface area (Å²) in [6, 6.07) is 6.02. The summed E-state index contributed by atoms with van der Waals surface area (Å²) in [5, 5.41) is 13.1. The molecule has 0 aliphatic heterocycles. The molecule has 2 rings (SSSR count). The minimum absolute atomic E-state index is 0.00637. The Morgan fingerprint density at radius 1 is 1.40 bits per heavy atom. The third-order valence-electron chi connectivity index (χ3n) is 2.63. The second-order valence-electron chi connectivity index (χ2n) is 3.96. The molecule has 1 heterocycles. The van der Waals surface area contributed by atoms with Gasteiger partial charge in [-0.2, -0.15) is 0 Å². The highest BCUT2D eigenvalue weighted by atomic mass is 19.1. The minimum atomic E-state index is -1.13. The highest BCUT2D eigenvalue weighted by molar-refractivity contribution is 5.90. The van der Waals surface area contributed by atoms with Crippen LogP contribution >= 0.6 is 0 Å². The van der Waals surface area contributed by atoms with Gasteiger partial charge in [0.25, 0.3) is 0 Å². The molecule has 0 fully saturated rings. The highest BCUT2D eigenvalue weighted by Gasteiger charge is 2.16. The molecule has 0 aliphatic rings. The number of nitrogens with zero attached hydrogens (tertiary/aromatic N) is 2. The Hall–Kier alpha value is -2.57. The first kappa shape index (κ1) is 13.9. The molecular formula is C13H13FN2O4. The first-order valence-corrected chi connectivity index (χ1v) is 5.78. The van der Waals surface area contributed by atoms with Crippen molar-refractivity contribution in [3.63, 3.8) is 0 Å². The van der Waals surface area contributed by atoms with Crippen LogP contribution in [0.1, 0.15) is 15.9 Å². The predicted octanol–water partition coefficient (Wildman–Crippen LogP) is 2.00. The minimum Gasteiger partial charge on any atom is -0.478 e. The zero-order valence-corrected chi connectivity index (χ0v) is 10.7. The summed E-state index contributed by atoms with van der Waals surface area (Å²) in [5.41, 5.74) is 0.273. The number of carboxylic acid groups (broad SMARTS) is 1. The maximum atomic E-state index is 12.3. The number of halogens is 1. The van der Waals surface area contributed by atoms with Crippen molar-refractivity contribution >= 4 is 5.97 Å². The first-order valence-electron chi connectivity index (χ1n) is 5.78. The summed E-state index contributed by atoms with van der Waals surface area (Å²) < 4.78 is 24.1. The molecule has 0 aliphatic carbocycles. The molecule has 0 unspecified atom stereocenters. The van der Waals surface area contributed by atoms with E-state index in [1.54, 1.807) is 24.0 Å². The number of hydrogen-bond acceptors (Lipinski definition) is 4. The lowest BCUT2D eigenvalue weighted by atomic mass is 10.1. The number of ether oxygens (including phenoxy) is 2. The summed E-state index contributed by atoms with van der Waals surface area (Å²) in [6.45, 7) is -1.12. The van der Waals surface area contributed by atoms with Crippen LogP contribution in [0.15, 0.2) is 30.5 Å². The quantitative estimate of drug-likeness (QED) is 0.876. The highest BCUT2D eigenvalue weighted by Crippen LogP contribution is 2.24. The average Bonchev–Trinajstić information content (AvgIpc) is 2.83. The van der Waals surface area contributed by atoms with Gasteiger partial charge in [0.2, 0.25) is 12.7 Å². The van der Waals surface area contributed by atoms with E-state index in [2.05, 4.69) is 5.10 Å². The number of aromatic carboxylic acids is 1. The molecular weight excluding hydrogens is 267 g/mol. The van der Waals surface area contributed by atoms with Crippen LogP contribution in [-0.4, -0.2) is 27.7 Å². The Morgan fingerprint density at radius 3 is 2.80 bits per heavy atom. The summed E-state index contributed by atoms with van der Waals surface area (Å²) >= 11 is 0. The smallest absolute Gasteiger partial charge is 0.336 e. The van der Waals surface area contributed by atoms with Gasteiger partial charge in [0.15, 0.2) is 0 Å². The van der Waals surface area contributed by atoms with Crippen molar-refractivity contribution in [2.75, 3.05) is 6.86 Å². The van der Waals surface area contributed by atoms with Crippen LogP contribution in [0.2, 0.25) is 0 Å². The van der Waals surface area contributed by atoms with E-state index in [0.29, 0.717) is 5.88 Å². The van der Waals surface area contributed by atoms with Crippen molar-refractivity contribution in [2.24, 2.45) is 7.05 Å². The van der Waals surface area contributed by atoms with Crippen molar-refractivity contribution in [1.29, 1.82) is 0 Å². The average molecular weight is 280 g/mol. The first-order chi connectivity index (χ1) is 9.61. The van der Waals surface area contributed by atoms with Gasteiger partial charge in [-0.25, -0.2) is 9.18 Å². The maximum Gasteiger partial charge on any atom is 0.336 e. The Bertz CT molecular complexity index is 612. The van der Waals surface area contributed by atoms with Crippen molar-refractivity contribution in [3.05, 3.63) is 41.6 Å². The van der Waals surface area contributed by atoms with Gasteiger partial charge in [0.05, 0.1) is 5.56 Å². The van der Waals surface area contributed by atoms with Gasteiger partial charge < -0.3 is 14.6 Å². The van der Waals surface area contributed by atoms with E-state index in [1.807, 2.05) is 0 Å². The molecule has 1 aromatic heterocycles. The SMILES string of the molecule is Cn1ccc(OCc2c(OCF)cccc2C(=O)O)n1. The lowest BCUT2D eigenvalue weighted by Crippen LogP contribution is -2.08. The standard InChI is InChI=1S/C13H13FN2O4/c1-16-6-5-12(15-16)19-7-10-9(13(17)18)3-2-4-11(10)20-8-14/h2-6H,7-8H2,1H3,(H,17,18). The number of hydrogen-bond donors (Lipinski definition) is 1. The lowest BCUT2D eigenvalue weighted by Gasteiger charge is -2.12. The van der Waals surface area contributed by atoms with Crippen molar-refractivity contribution in [3.8, 4) is 11.6 Å². The van der Waals surface area contributed by atoms with Crippen LogP contribution in [0, 0.1) is 0 Å². The van der Waals surface area contributed by atoms with Gasteiger partial charge in [0.1, 0.15) is 12.4 Å². The molecule has 0 radical (unpaired) electrons. The molecule has 7 heteroatoms. The van der Waals surface area contributed by atoms with Crippen molar-refractivity contribution in [2.45, 2.75) is 6.61 Å². The van der Waals surface area contributed by atoms with Crippen molar-refractivity contribution in [1.82, 2.24) is 9.78 Å². The lowest BCUT2D eigenvalue weighted by molar-refractivity contribution is 0.0692. The molecule has 0 amide bonds. The Labute approximate surface area is 114 Å². The van der Waals surface area contributed by atoms with E-state index in [0.717, 1.165) is 0 Å². The molecule has 2 aromatic rings. The van der Waals surface area contributed by atoms with Gasteiger partial charge >= 0.3 is 5.97 Å². The number of benzene rings is 1. The molecule has 0 saturated heterocycles. The second kappa shape index (κ2) is 6.05. The monoisotopic (exact) mass is 280 g/mol.